The molecule has 9 amide bonds. The van der Waals surface area contributed by atoms with Crippen LogP contribution in [0, 0.1) is 11.8 Å². The van der Waals surface area contributed by atoms with Gasteiger partial charge in [-0.25, -0.2) is 9.78 Å². The number of aromatic nitrogens is 2. The summed E-state index contributed by atoms with van der Waals surface area (Å²) in [6.45, 7) is 6.45. The van der Waals surface area contributed by atoms with E-state index in [4.69, 9.17) is 17.2 Å². The number of carbonyl (C=O) groups is 10. The van der Waals surface area contributed by atoms with Crippen molar-refractivity contribution in [2.24, 2.45) is 29.0 Å². The van der Waals surface area contributed by atoms with Crippen molar-refractivity contribution in [3.63, 3.8) is 0 Å². The van der Waals surface area contributed by atoms with Crippen LogP contribution in [0.3, 0.4) is 0 Å². The second kappa shape index (κ2) is 27.0. The van der Waals surface area contributed by atoms with Crippen molar-refractivity contribution >= 4 is 59.1 Å². The van der Waals surface area contributed by atoms with Gasteiger partial charge in [0.25, 0.3) is 0 Å². The summed E-state index contributed by atoms with van der Waals surface area (Å²) in [6, 6.07) is -7.18. The van der Waals surface area contributed by atoms with Gasteiger partial charge < -0.3 is 69.4 Å². The normalized spacial score (nSPS) is 15.9. The summed E-state index contributed by atoms with van der Waals surface area (Å²) >= 11 is 0. The van der Waals surface area contributed by atoms with E-state index < -0.39 is 115 Å². The van der Waals surface area contributed by atoms with E-state index in [0.29, 0.717) is 44.3 Å². The molecule has 15 N–H and O–H groups in total. The molecular weight excluding hydrogens is 827 g/mol. The van der Waals surface area contributed by atoms with Gasteiger partial charge in [0.1, 0.15) is 36.3 Å². The molecule has 1 aliphatic rings. The molecule has 1 aliphatic heterocycles. The second-order valence-electron chi connectivity index (χ2n) is 16.1. The molecule has 0 bridgehead atoms. The lowest BCUT2D eigenvalue weighted by atomic mass is 10.0. The number of likely N-dealkylation sites (tertiary alicyclic amines) is 1. The van der Waals surface area contributed by atoms with Crippen molar-refractivity contribution < 1.29 is 53.1 Å². The zero-order valence-electron chi connectivity index (χ0n) is 36.3. The molecule has 1 aromatic heterocycles. The van der Waals surface area contributed by atoms with Crippen molar-refractivity contribution in [2.75, 3.05) is 32.7 Å². The number of hydrogen-bond acceptors (Lipinski definition) is 13. The van der Waals surface area contributed by atoms with Gasteiger partial charge in [-0.15, -0.1) is 0 Å². The summed E-state index contributed by atoms with van der Waals surface area (Å²) in [6.07, 6.45) is 4.13. The highest BCUT2D eigenvalue weighted by Crippen LogP contribution is 2.20. The Bertz CT molecular complexity index is 1740. The monoisotopic (exact) mass is 891 g/mol. The number of nitrogens with zero attached hydrogens (tertiary/aromatic N) is 2. The number of aromatic amines is 1. The average molecular weight is 892 g/mol. The fraction of sp³-hybridized carbons (Fsp3) is 0.667. The second-order valence-corrected chi connectivity index (χ2v) is 16.1. The molecule has 0 aromatic carbocycles. The molecule has 1 fully saturated rings. The van der Waals surface area contributed by atoms with Gasteiger partial charge in [0, 0.05) is 24.9 Å². The van der Waals surface area contributed by atoms with Crippen LogP contribution in [-0.4, -0.2) is 148 Å². The zero-order valence-corrected chi connectivity index (χ0v) is 36.3. The Morgan fingerprint density at radius 3 is 1.92 bits per heavy atom. The molecule has 63 heavy (non-hydrogen) atoms. The summed E-state index contributed by atoms with van der Waals surface area (Å²) in [5.41, 5.74) is 16.6. The maximum Gasteiger partial charge on any atom is 0.326 e. The fourth-order valence-electron chi connectivity index (χ4n) is 6.75. The third kappa shape index (κ3) is 19.2. The van der Waals surface area contributed by atoms with Gasteiger partial charge >= 0.3 is 5.97 Å². The molecular formula is C39H65N13O11. The van der Waals surface area contributed by atoms with Gasteiger partial charge in [0.05, 0.1) is 32.4 Å². The molecule has 0 unspecified atom stereocenters. The number of imidazole rings is 1. The van der Waals surface area contributed by atoms with Gasteiger partial charge in [-0.05, 0) is 63.3 Å². The van der Waals surface area contributed by atoms with Crippen LogP contribution in [0.15, 0.2) is 12.5 Å². The smallest absolute Gasteiger partial charge is 0.326 e. The number of H-pyrrole nitrogens is 1. The maximum atomic E-state index is 13.7. The SMILES string of the molecule is CC(C)C[C@H](NC(=O)CNC(=O)[C@@H]1CCCN1C(=O)[C@H](CC(C)C)NC(=O)CN)C(=O)N[C@@H](CCCCN)C(=O)NCC(=O)N[C@@H](Cc1cnc[nH]1)C(=O)N[C@@H](CC(N)=O)C(=O)O. The molecule has 352 valence electrons. The van der Waals surface area contributed by atoms with E-state index in [1.807, 2.05) is 27.7 Å². The van der Waals surface area contributed by atoms with Gasteiger partial charge in [-0.2, -0.15) is 0 Å². The number of carboxylic acids is 1. The Hall–Kier alpha value is -6.17. The van der Waals surface area contributed by atoms with Crippen molar-refractivity contribution in [1.82, 2.24) is 52.1 Å². The molecule has 0 radical (unpaired) electrons. The lowest BCUT2D eigenvalue weighted by Crippen LogP contribution is -2.57. The molecule has 24 nitrogen and oxygen atoms in total. The van der Waals surface area contributed by atoms with Crippen molar-refractivity contribution in [1.29, 1.82) is 0 Å². The fourth-order valence-corrected chi connectivity index (χ4v) is 6.75. The molecule has 0 saturated carbocycles. The van der Waals surface area contributed by atoms with Crippen LogP contribution in [0.4, 0.5) is 0 Å². The number of carbonyl (C=O) groups excluding carboxylic acids is 9. The van der Waals surface area contributed by atoms with E-state index in [1.54, 1.807) is 0 Å². The number of primary amides is 1. The molecule has 2 rings (SSSR count). The topological polar surface area (TPSA) is 385 Å². The van der Waals surface area contributed by atoms with E-state index in [9.17, 15) is 53.1 Å². The number of carboxylic acid groups (broad SMARTS) is 1. The predicted octanol–water partition coefficient (Wildman–Crippen LogP) is -4.26. The van der Waals surface area contributed by atoms with Crippen LogP contribution in [-0.2, 0) is 54.4 Å². The van der Waals surface area contributed by atoms with Gasteiger partial charge in [-0.3, -0.25) is 43.2 Å². The zero-order chi connectivity index (χ0) is 47.2. The maximum absolute atomic E-state index is 13.7. The minimum atomic E-state index is -1.68. The largest absolute Gasteiger partial charge is 0.480 e. The summed E-state index contributed by atoms with van der Waals surface area (Å²) < 4.78 is 0. The summed E-state index contributed by atoms with van der Waals surface area (Å²) in [7, 11) is 0. The number of rotatable bonds is 28. The number of aliphatic carboxylic acids is 1. The quantitative estimate of drug-likeness (QED) is 0.0355. The number of nitrogens with two attached hydrogens (primary N) is 3. The Labute approximate surface area is 365 Å². The van der Waals surface area contributed by atoms with E-state index in [-0.39, 0.29) is 44.2 Å². The number of nitrogens with one attached hydrogen (secondary N) is 8. The van der Waals surface area contributed by atoms with E-state index in [0.717, 1.165) is 0 Å². The highest BCUT2D eigenvalue weighted by Gasteiger charge is 2.38. The Morgan fingerprint density at radius 2 is 1.35 bits per heavy atom. The first kappa shape index (κ1) is 53.0. The highest BCUT2D eigenvalue weighted by atomic mass is 16.4. The van der Waals surface area contributed by atoms with Crippen LogP contribution in [0.25, 0.3) is 0 Å². The van der Waals surface area contributed by atoms with Crippen LogP contribution >= 0.6 is 0 Å². The van der Waals surface area contributed by atoms with Crippen LogP contribution in [0.1, 0.15) is 84.8 Å². The Kier molecular flexibility index (Phi) is 22.7. The Morgan fingerprint density at radius 1 is 0.762 bits per heavy atom. The highest BCUT2D eigenvalue weighted by molar-refractivity contribution is 5.97. The molecule has 6 atom stereocenters. The van der Waals surface area contributed by atoms with Gasteiger partial charge in [-0.1, -0.05) is 27.7 Å². The summed E-state index contributed by atoms with van der Waals surface area (Å²) in [4.78, 5) is 136. The molecule has 24 heteroatoms. The first-order valence-electron chi connectivity index (χ1n) is 21.0. The minimum Gasteiger partial charge on any atom is -0.480 e. The minimum absolute atomic E-state index is 0.0490. The van der Waals surface area contributed by atoms with E-state index in [1.165, 1.54) is 17.4 Å². The summed E-state index contributed by atoms with van der Waals surface area (Å²) in [5.74, 6) is -8.14. The van der Waals surface area contributed by atoms with Gasteiger partial charge in [0.15, 0.2) is 0 Å². The molecule has 1 aromatic rings. The van der Waals surface area contributed by atoms with Gasteiger partial charge in [0.2, 0.25) is 53.2 Å². The third-order valence-corrected chi connectivity index (χ3v) is 9.80. The molecule has 0 aliphatic carbocycles. The molecule has 2 heterocycles. The van der Waals surface area contributed by atoms with Crippen LogP contribution in [0.5, 0.6) is 0 Å². The number of amides is 9. The number of hydrogen-bond donors (Lipinski definition) is 12. The van der Waals surface area contributed by atoms with E-state index >= 15 is 0 Å². The third-order valence-electron chi connectivity index (χ3n) is 9.80. The lowest BCUT2D eigenvalue weighted by Gasteiger charge is -2.29. The lowest BCUT2D eigenvalue weighted by molar-refractivity contribution is -0.143. The Balaban J connectivity index is 2.10. The van der Waals surface area contributed by atoms with E-state index in [2.05, 4.69) is 47.2 Å². The van der Waals surface area contributed by atoms with Crippen molar-refractivity contribution in [2.45, 2.75) is 122 Å². The van der Waals surface area contributed by atoms with Crippen molar-refractivity contribution in [3.05, 3.63) is 18.2 Å². The van der Waals surface area contributed by atoms with Crippen LogP contribution in [0.2, 0.25) is 0 Å². The number of unbranched alkanes of at least 4 members (excludes halogenated alkanes) is 1. The molecule has 0 spiro atoms. The summed E-state index contributed by atoms with van der Waals surface area (Å²) in [5, 5.41) is 26.9. The van der Waals surface area contributed by atoms with Crippen LogP contribution < -0.4 is 54.4 Å². The standard InChI is InChI=1S/C39H65N13O11/c1-21(2)12-25(47-33(56)19-45-37(60)29-9-7-11-52(29)38(61)27(13-22(3)4)49-31(54)16-41)35(58)50-24(8-5-6-10-40)34(57)44-18-32(55)48-26(14-23-17-43-20-46-23)36(59)51-28(39(62)63)15-30(42)53/h17,20-22,24-29H,5-16,18-19,40-41H2,1-4H3,(H2,42,53)(H,43,46)(H,44,57)(H,45,60)(H,47,56)(H,48,55)(H,49,54)(H,50,58)(H,51,59)(H,62,63)/t24-,25-,26-,27-,28-,29-/m0/s1. The molecule has 1 saturated heterocycles. The predicted molar refractivity (Wildman–Crippen MR) is 225 cm³/mol. The van der Waals surface area contributed by atoms with Crippen molar-refractivity contribution in [3.8, 4) is 0 Å². The first-order chi connectivity index (χ1) is 29.7. The average Bonchev–Trinajstić information content (AvgIpc) is 3.93. The first-order valence-corrected chi connectivity index (χ1v) is 21.0.